The van der Waals surface area contributed by atoms with Gasteiger partial charge >= 0.3 is 0 Å². The molecule has 50 valence electrons. The minimum atomic E-state index is -3.24. The van der Waals surface area contributed by atoms with Crippen molar-refractivity contribution in [2.45, 2.75) is 0 Å². The number of nitrogens with two attached hydrogens (primary N) is 1. The van der Waals surface area contributed by atoms with Crippen LogP contribution in [0.15, 0.2) is 0 Å². The maximum absolute atomic E-state index is 10.1. The molecule has 5 nitrogen and oxygen atoms in total. The molecule has 0 aliphatic rings. The molecule has 8 heavy (non-hydrogen) atoms. The maximum atomic E-state index is 10.1. The highest BCUT2D eigenvalue weighted by Crippen LogP contribution is 1.69. The van der Waals surface area contributed by atoms with E-state index in [1.165, 1.54) is 0 Å². The SMILES string of the molecule is CS(=O)(=O)NOCN. The molecule has 0 bridgehead atoms. The standard InChI is InChI=1S/C2H8N2O3S/c1-8(5,6)4-7-2-3/h4H,2-3H2,1H3. The Labute approximate surface area is 47.8 Å². The molecule has 0 aliphatic heterocycles. The summed E-state index contributed by atoms with van der Waals surface area (Å²) in [5.74, 6) is 0. The molecule has 0 aromatic rings. The highest BCUT2D eigenvalue weighted by molar-refractivity contribution is 7.88. The Hall–Kier alpha value is -0.170. The Morgan fingerprint density at radius 3 is 2.38 bits per heavy atom. The predicted octanol–water partition coefficient (Wildman–Crippen LogP) is -1.62. The van der Waals surface area contributed by atoms with Crippen molar-refractivity contribution in [2.75, 3.05) is 13.0 Å². The van der Waals surface area contributed by atoms with E-state index in [2.05, 4.69) is 4.84 Å². The molecule has 0 radical (unpaired) electrons. The van der Waals surface area contributed by atoms with E-state index in [1.54, 1.807) is 4.89 Å². The Morgan fingerprint density at radius 1 is 1.75 bits per heavy atom. The van der Waals surface area contributed by atoms with Gasteiger partial charge in [-0.2, -0.15) is 0 Å². The summed E-state index contributed by atoms with van der Waals surface area (Å²) in [4.78, 5) is 5.86. The predicted molar refractivity (Wildman–Crippen MR) is 28.1 cm³/mol. The summed E-state index contributed by atoms with van der Waals surface area (Å²) >= 11 is 0. The van der Waals surface area contributed by atoms with Crippen LogP contribution in [0.1, 0.15) is 0 Å². The van der Waals surface area contributed by atoms with Crippen molar-refractivity contribution in [1.29, 1.82) is 0 Å². The summed E-state index contributed by atoms with van der Waals surface area (Å²) in [7, 11) is -3.24. The summed E-state index contributed by atoms with van der Waals surface area (Å²) in [6.07, 6.45) is 0.975. The lowest BCUT2D eigenvalue weighted by atomic mass is 11.4. The number of nitrogens with one attached hydrogen (secondary N) is 1. The summed E-state index contributed by atoms with van der Waals surface area (Å²) in [6, 6.07) is 0. The topological polar surface area (TPSA) is 81.4 Å². The lowest BCUT2D eigenvalue weighted by molar-refractivity contribution is 0.0998. The van der Waals surface area contributed by atoms with Gasteiger partial charge in [-0.05, 0) is 0 Å². The van der Waals surface area contributed by atoms with Crippen LogP contribution in [-0.4, -0.2) is 21.4 Å². The van der Waals surface area contributed by atoms with E-state index < -0.39 is 10.0 Å². The highest BCUT2D eigenvalue weighted by atomic mass is 32.2. The molecule has 0 aromatic heterocycles. The Bertz CT molecular complexity index is 139. The second-order valence-corrected chi connectivity index (χ2v) is 2.88. The van der Waals surface area contributed by atoms with Gasteiger partial charge in [0.15, 0.2) is 0 Å². The van der Waals surface area contributed by atoms with Crippen molar-refractivity contribution in [3.63, 3.8) is 0 Å². The van der Waals surface area contributed by atoms with Gasteiger partial charge < -0.3 is 5.73 Å². The van der Waals surface area contributed by atoms with Crippen molar-refractivity contribution in [2.24, 2.45) is 5.73 Å². The molecular weight excluding hydrogens is 132 g/mol. The number of sulfonamides is 1. The Kier molecular flexibility index (Phi) is 2.91. The van der Waals surface area contributed by atoms with Crippen LogP contribution in [0.4, 0.5) is 0 Å². The van der Waals surface area contributed by atoms with E-state index in [9.17, 15) is 8.42 Å². The van der Waals surface area contributed by atoms with Crippen LogP contribution in [0.2, 0.25) is 0 Å². The molecule has 0 unspecified atom stereocenters. The minimum Gasteiger partial charge on any atom is -0.307 e. The Balaban J connectivity index is 3.42. The summed E-state index contributed by atoms with van der Waals surface area (Å²) in [5.41, 5.74) is 4.79. The first-order valence-corrected chi connectivity index (χ1v) is 3.74. The molecule has 3 N–H and O–H groups in total. The van der Waals surface area contributed by atoms with E-state index in [-0.39, 0.29) is 6.73 Å². The average Bonchev–Trinajstić information content (AvgIpc) is 1.59. The van der Waals surface area contributed by atoms with E-state index in [0.29, 0.717) is 0 Å². The van der Waals surface area contributed by atoms with Crippen molar-refractivity contribution in [3.05, 3.63) is 0 Å². The first-order valence-electron chi connectivity index (χ1n) is 1.85. The smallest absolute Gasteiger partial charge is 0.230 e. The molecule has 0 spiro atoms. The average molecular weight is 140 g/mol. The monoisotopic (exact) mass is 140 g/mol. The van der Waals surface area contributed by atoms with Crippen LogP contribution in [0, 0.1) is 0 Å². The fourth-order valence-electron chi connectivity index (χ4n) is 0.141. The lowest BCUT2D eigenvalue weighted by Gasteiger charge is -1.96. The van der Waals surface area contributed by atoms with Crippen molar-refractivity contribution in [3.8, 4) is 0 Å². The summed E-state index contributed by atoms with van der Waals surface area (Å²) in [5, 5.41) is 0. The van der Waals surface area contributed by atoms with Gasteiger partial charge in [-0.3, -0.25) is 4.84 Å². The highest BCUT2D eigenvalue weighted by Gasteiger charge is 1.95. The van der Waals surface area contributed by atoms with Crippen molar-refractivity contribution in [1.82, 2.24) is 4.89 Å². The van der Waals surface area contributed by atoms with E-state index in [1.807, 2.05) is 0 Å². The van der Waals surface area contributed by atoms with Gasteiger partial charge in [0.05, 0.1) is 6.26 Å². The Morgan fingerprint density at radius 2 is 2.25 bits per heavy atom. The van der Waals surface area contributed by atoms with Gasteiger partial charge in [-0.15, -0.1) is 0 Å². The zero-order valence-corrected chi connectivity index (χ0v) is 5.23. The largest absolute Gasteiger partial charge is 0.307 e. The van der Waals surface area contributed by atoms with Crippen molar-refractivity contribution < 1.29 is 13.3 Å². The third kappa shape index (κ3) is 5.83. The van der Waals surface area contributed by atoms with E-state index >= 15 is 0 Å². The van der Waals surface area contributed by atoms with E-state index in [4.69, 9.17) is 5.73 Å². The second kappa shape index (κ2) is 2.98. The zero-order valence-electron chi connectivity index (χ0n) is 4.42. The number of hydrogen-bond acceptors (Lipinski definition) is 4. The molecule has 0 aliphatic carbocycles. The molecule has 0 heterocycles. The fourth-order valence-corrected chi connectivity index (χ4v) is 0.423. The quantitative estimate of drug-likeness (QED) is 0.365. The zero-order chi connectivity index (χ0) is 6.62. The van der Waals surface area contributed by atoms with E-state index in [0.717, 1.165) is 6.26 Å². The first-order chi connectivity index (χ1) is 3.56. The van der Waals surface area contributed by atoms with Crippen LogP contribution in [0.25, 0.3) is 0 Å². The number of hydrogen-bond donors (Lipinski definition) is 2. The van der Waals surface area contributed by atoms with Gasteiger partial charge in [0.2, 0.25) is 10.0 Å². The molecule has 0 amide bonds. The van der Waals surface area contributed by atoms with Gasteiger partial charge in [0, 0.05) is 0 Å². The van der Waals surface area contributed by atoms with Crippen LogP contribution in [0.5, 0.6) is 0 Å². The molecule has 6 heteroatoms. The number of rotatable bonds is 3. The summed E-state index contributed by atoms with van der Waals surface area (Å²) in [6.45, 7) is -0.160. The molecule has 0 saturated carbocycles. The molecule has 0 atom stereocenters. The second-order valence-electron chi connectivity index (χ2n) is 1.17. The van der Waals surface area contributed by atoms with Crippen LogP contribution >= 0.6 is 0 Å². The normalized spacial score (nSPS) is 11.8. The summed E-state index contributed by atoms with van der Waals surface area (Å²) < 4.78 is 20.2. The minimum absolute atomic E-state index is 0.160. The third-order valence-electron chi connectivity index (χ3n) is 0.294. The first kappa shape index (κ1) is 7.83. The van der Waals surface area contributed by atoms with Gasteiger partial charge in [-0.1, -0.05) is 4.89 Å². The fraction of sp³-hybridized carbons (Fsp3) is 1.00. The van der Waals surface area contributed by atoms with Crippen molar-refractivity contribution >= 4 is 10.0 Å². The van der Waals surface area contributed by atoms with Gasteiger partial charge in [-0.25, -0.2) is 8.42 Å². The molecule has 0 fully saturated rings. The maximum Gasteiger partial charge on any atom is 0.230 e. The molecule has 0 aromatic carbocycles. The van der Waals surface area contributed by atoms with Gasteiger partial charge in [0.1, 0.15) is 6.73 Å². The van der Waals surface area contributed by atoms with Crippen LogP contribution in [-0.2, 0) is 14.9 Å². The molecule has 0 rings (SSSR count). The molecule has 0 saturated heterocycles. The van der Waals surface area contributed by atoms with Gasteiger partial charge in [0.25, 0.3) is 0 Å². The van der Waals surface area contributed by atoms with Crippen LogP contribution in [0.3, 0.4) is 0 Å². The van der Waals surface area contributed by atoms with Crippen LogP contribution < -0.4 is 10.6 Å². The lowest BCUT2D eigenvalue weighted by Crippen LogP contribution is -2.25. The molecular formula is C2H8N2O3S. The third-order valence-corrected chi connectivity index (χ3v) is 0.714.